The molecule has 2 aromatic rings. The molecule has 0 aliphatic rings. The molecule has 1 aromatic heterocycles. The van der Waals surface area contributed by atoms with Gasteiger partial charge in [0.15, 0.2) is 0 Å². The van der Waals surface area contributed by atoms with E-state index in [1.807, 2.05) is 6.92 Å². The zero-order chi connectivity index (χ0) is 15.4. The average Bonchev–Trinajstić information content (AvgIpc) is 2.49. The van der Waals surface area contributed by atoms with E-state index in [2.05, 4.69) is 15.7 Å². The van der Waals surface area contributed by atoms with Crippen molar-refractivity contribution in [2.75, 3.05) is 10.7 Å². The maximum atomic E-state index is 13.0. The maximum Gasteiger partial charge on any atom is 0.255 e. The van der Waals surface area contributed by atoms with Crippen LogP contribution < -0.4 is 16.6 Å². The van der Waals surface area contributed by atoms with Gasteiger partial charge in [-0.3, -0.25) is 4.79 Å². The molecule has 4 N–H and O–H groups in total. The Kier molecular flexibility index (Phi) is 4.72. The van der Waals surface area contributed by atoms with Crippen LogP contribution in [0.1, 0.15) is 23.0 Å². The molecular formula is C14H14ClFN4O. The van der Waals surface area contributed by atoms with Gasteiger partial charge in [0.05, 0.1) is 10.7 Å². The number of hydrazine groups is 1. The summed E-state index contributed by atoms with van der Waals surface area (Å²) in [5.41, 5.74) is 3.85. The molecule has 0 radical (unpaired) electrons. The molecule has 1 heterocycles. The molecule has 0 unspecified atom stereocenters. The molecular weight excluding hydrogens is 295 g/mol. The van der Waals surface area contributed by atoms with E-state index in [1.165, 1.54) is 18.2 Å². The first-order valence-corrected chi connectivity index (χ1v) is 6.65. The van der Waals surface area contributed by atoms with Crippen molar-refractivity contribution < 1.29 is 9.18 Å². The Bertz CT molecular complexity index is 656. The molecule has 0 saturated carbocycles. The Labute approximate surface area is 126 Å². The molecule has 0 saturated heterocycles. The second-order valence-corrected chi connectivity index (χ2v) is 4.72. The number of nitrogen functional groups attached to an aromatic ring is 1. The number of pyridine rings is 1. The van der Waals surface area contributed by atoms with Crippen LogP contribution in [0.4, 0.5) is 15.9 Å². The van der Waals surface area contributed by atoms with Gasteiger partial charge in [-0.25, -0.2) is 15.2 Å². The Morgan fingerprint density at radius 3 is 2.76 bits per heavy atom. The van der Waals surface area contributed by atoms with Crippen molar-refractivity contribution in [2.45, 2.75) is 13.3 Å². The highest BCUT2D eigenvalue weighted by Crippen LogP contribution is 2.23. The molecule has 0 atom stereocenters. The van der Waals surface area contributed by atoms with Crippen molar-refractivity contribution in [2.24, 2.45) is 5.84 Å². The Hall–Kier alpha value is -2.18. The summed E-state index contributed by atoms with van der Waals surface area (Å²) in [5, 5.41) is 2.75. The second kappa shape index (κ2) is 6.51. The zero-order valence-corrected chi connectivity index (χ0v) is 12.0. The van der Waals surface area contributed by atoms with Gasteiger partial charge in [0.1, 0.15) is 11.6 Å². The topological polar surface area (TPSA) is 80.0 Å². The van der Waals surface area contributed by atoms with Crippen molar-refractivity contribution in [1.29, 1.82) is 0 Å². The number of benzene rings is 1. The van der Waals surface area contributed by atoms with E-state index in [0.717, 1.165) is 11.8 Å². The monoisotopic (exact) mass is 308 g/mol. The Balaban J connectivity index is 2.27. The zero-order valence-electron chi connectivity index (χ0n) is 11.3. The summed E-state index contributed by atoms with van der Waals surface area (Å²) >= 11 is 5.88. The molecule has 0 aliphatic carbocycles. The third-order valence-corrected chi connectivity index (χ3v) is 3.14. The molecule has 1 amide bonds. The number of aromatic nitrogens is 1. The van der Waals surface area contributed by atoms with Crippen LogP contribution in [0.2, 0.25) is 5.02 Å². The maximum absolute atomic E-state index is 13.0. The van der Waals surface area contributed by atoms with Crippen molar-refractivity contribution in [1.82, 2.24) is 4.98 Å². The number of anilines is 2. The van der Waals surface area contributed by atoms with Gasteiger partial charge in [0, 0.05) is 11.3 Å². The fourth-order valence-corrected chi connectivity index (χ4v) is 1.97. The van der Waals surface area contributed by atoms with Gasteiger partial charge in [-0.2, -0.15) is 0 Å². The summed E-state index contributed by atoms with van der Waals surface area (Å²) in [6, 6.07) is 6.94. The average molecular weight is 309 g/mol. The molecule has 21 heavy (non-hydrogen) atoms. The normalized spacial score (nSPS) is 10.3. The highest BCUT2D eigenvalue weighted by Gasteiger charge is 2.11. The van der Waals surface area contributed by atoms with Gasteiger partial charge in [0.2, 0.25) is 0 Å². The lowest BCUT2D eigenvalue weighted by Gasteiger charge is -2.09. The number of aryl methyl sites for hydroxylation is 1. The summed E-state index contributed by atoms with van der Waals surface area (Å²) in [6.45, 7) is 1.92. The minimum absolute atomic E-state index is 0.130. The number of rotatable bonds is 4. The fourth-order valence-electron chi connectivity index (χ4n) is 1.76. The third kappa shape index (κ3) is 3.68. The SMILES string of the molecule is CCc1cc(C(=O)Nc2ccc(F)cc2Cl)cc(NN)n1. The molecule has 5 nitrogen and oxygen atoms in total. The molecule has 0 bridgehead atoms. The van der Waals surface area contributed by atoms with Gasteiger partial charge in [-0.15, -0.1) is 0 Å². The van der Waals surface area contributed by atoms with Gasteiger partial charge < -0.3 is 10.7 Å². The summed E-state index contributed by atoms with van der Waals surface area (Å²) in [4.78, 5) is 16.4. The molecule has 2 rings (SSSR count). The van der Waals surface area contributed by atoms with Crippen LogP contribution in [0.25, 0.3) is 0 Å². The van der Waals surface area contributed by atoms with Crippen molar-refractivity contribution in [3.63, 3.8) is 0 Å². The minimum Gasteiger partial charge on any atom is -0.321 e. The quantitative estimate of drug-likeness (QED) is 0.599. The van der Waals surface area contributed by atoms with Crippen LogP contribution in [0.5, 0.6) is 0 Å². The number of halogens is 2. The van der Waals surface area contributed by atoms with E-state index < -0.39 is 5.82 Å². The molecule has 0 fully saturated rings. The van der Waals surface area contributed by atoms with Crippen LogP contribution in [0.3, 0.4) is 0 Å². The van der Waals surface area contributed by atoms with Crippen molar-refractivity contribution in [3.05, 3.63) is 52.4 Å². The first kappa shape index (κ1) is 15.2. The van der Waals surface area contributed by atoms with E-state index in [9.17, 15) is 9.18 Å². The van der Waals surface area contributed by atoms with Crippen LogP contribution in [0, 0.1) is 5.82 Å². The van der Waals surface area contributed by atoms with E-state index in [-0.39, 0.29) is 10.9 Å². The smallest absolute Gasteiger partial charge is 0.255 e. The van der Waals surface area contributed by atoms with Crippen molar-refractivity contribution >= 4 is 29.0 Å². The second-order valence-electron chi connectivity index (χ2n) is 4.31. The molecule has 1 aromatic carbocycles. The molecule has 0 aliphatic heterocycles. The summed E-state index contributed by atoms with van der Waals surface area (Å²) in [5.74, 6) is 4.88. The number of hydrogen-bond donors (Lipinski definition) is 3. The van der Waals surface area contributed by atoms with Gasteiger partial charge in [0.25, 0.3) is 5.91 Å². The third-order valence-electron chi connectivity index (χ3n) is 2.83. The number of nitrogens with zero attached hydrogens (tertiary/aromatic N) is 1. The largest absolute Gasteiger partial charge is 0.321 e. The van der Waals surface area contributed by atoms with E-state index >= 15 is 0 Å². The van der Waals surface area contributed by atoms with Crippen LogP contribution in [0.15, 0.2) is 30.3 Å². The lowest BCUT2D eigenvalue weighted by atomic mass is 10.1. The first-order valence-electron chi connectivity index (χ1n) is 6.27. The lowest BCUT2D eigenvalue weighted by Crippen LogP contribution is -2.15. The summed E-state index contributed by atoms with van der Waals surface area (Å²) in [7, 11) is 0. The standard InChI is InChI=1S/C14H14ClFN4O/c1-2-10-5-8(6-13(18-10)20-17)14(21)19-12-4-3-9(16)7-11(12)15/h3-7H,2,17H2,1H3,(H,18,20)(H,19,21). The van der Waals surface area contributed by atoms with Crippen molar-refractivity contribution in [3.8, 4) is 0 Å². The number of nitrogens with two attached hydrogens (primary N) is 1. The first-order chi connectivity index (χ1) is 10.0. The molecule has 110 valence electrons. The highest BCUT2D eigenvalue weighted by atomic mass is 35.5. The van der Waals surface area contributed by atoms with Crippen LogP contribution in [-0.2, 0) is 6.42 Å². The number of carbonyl (C=O) groups is 1. The molecule has 7 heteroatoms. The van der Waals surface area contributed by atoms with E-state index in [4.69, 9.17) is 17.4 Å². The van der Waals surface area contributed by atoms with E-state index in [1.54, 1.807) is 6.07 Å². The fraction of sp³-hybridized carbons (Fsp3) is 0.143. The summed E-state index contributed by atoms with van der Waals surface area (Å²) in [6.07, 6.45) is 0.660. The van der Waals surface area contributed by atoms with Crippen LogP contribution >= 0.6 is 11.6 Å². The van der Waals surface area contributed by atoms with Gasteiger partial charge in [-0.1, -0.05) is 18.5 Å². The summed E-state index contributed by atoms with van der Waals surface area (Å²) < 4.78 is 13.0. The predicted molar refractivity (Wildman–Crippen MR) is 80.8 cm³/mol. The Morgan fingerprint density at radius 1 is 1.38 bits per heavy atom. The minimum atomic E-state index is -0.468. The number of hydrogen-bond acceptors (Lipinski definition) is 4. The molecule has 0 spiro atoms. The van der Waals surface area contributed by atoms with Crippen LogP contribution in [-0.4, -0.2) is 10.9 Å². The highest BCUT2D eigenvalue weighted by molar-refractivity contribution is 6.33. The number of amides is 1. The van der Waals surface area contributed by atoms with Gasteiger partial charge in [-0.05, 0) is 36.8 Å². The Morgan fingerprint density at radius 2 is 2.14 bits per heavy atom. The number of carbonyl (C=O) groups excluding carboxylic acids is 1. The number of nitrogens with one attached hydrogen (secondary N) is 2. The predicted octanol–water partition coefficient (Wildman–Crippen LogP) is 2.97. The van der Waals surface area contributed by atoms with Gasteiger partial charge >= 0.3 is 0 Å². The lowest BCUT2D eigenvalue weighted by molar-refractivity contribution is 0.102. The van der Waals surface area contributed by atoms with E-state index in [0.29, 0.717) is 23.5 Å².